The van der Waals surface area contributed by atoms with Gasteiger partial charge in [0.25, 0.3) is 0 Å². The molecule has 0 atom stereocenters. The first kappa shape index (κ1) is 22.2. The van der Waals surface area contributed by atoms with Crippen LogP contribution in [0.4, 0.5) is 0 Å². The molecular weight excluding hydrogens is 370 g/mol. The number of rotatable bonds is 9. The van der Waals surface area contributed by atoms with Crippen molar-refractivity contribution in [3.8, 4) is 23.0 Å². The summed E-state index contributed by atoms with van der Waals surface area (Å²) in [5.41, 5.74) is 3.31. The first-order chi connectivity index (χ1) is 14.1. The molecule has 0 aliphatic carbocycles. The molecule has 158 valence electrons. The van der Waals surface area contributed by atoms with E-state index in [1.165, 1.54) is 5.56 Å². The topological polar surface area (TPSA) is 73.3 Å². The van der Waals surface area contributed by atoms with Gasteiger partial charge in [-0.3, -0.25) is 4.99 Å². The van der Waals surface area contributed by atoms with Gasteiger partial charge in [0.15, 0.2) is 17.5 Å². The second kappa shape index (κ2) is 11.0. The van der Waals surface area contributed by atoms with Gasteiger partial charge >= 0.3 is 0 Å². The van der Waals surface area contributed by atoms with Crippen LogP contribution in [-0.4, -0.2) is 48.0 Å². The molecule has 7 heteroatoms. The van der Waals surface area contributed by atoms with Crippen molar-refractivity contribution in [3.05, 3.63) is 47.0 Å². The number of hydrogen-bond donors (Lipinski definition) is 2. The first-order valence-electron chi connectivity index (χ1n) is 9.43. The summed E-state index contributed by atoms with van der Waals surface area (Å²) in [5.74, 6) is 3.44. The molecule has 2 aromatic rings. The third kappa shape index (κ3) is 5.70. The second-order valence-electron chi connectivity index (χ2n) is 6.41. The average Bonchev–Trinajstić information content (AvgIpc) is 2.75. The van der Waals surface area contributed by atoms with Gasteiger partial charge in [-0.25, -0.2) is 0 Å². The normalized spacial score (nSPS) is 11.0. The van der Waals surface area contributed by atoms with Crippen LogP contribution in [0.25, 0.3) is 0 Å². The van der Waals surface area contributed by atoms with Crippen molar-refractivity contribution in [1.82, 2.24) is 10.6 Å². The Kier molecular flexibility index (Phi) is 8.45. The molecule has 0 radical (unpaired) electrons. The lowest BCUT2D eigenvalue weighted by Crippen LogP contribution is -2.38. The van der Waals surface area contributed by atoms with Crippen molar-refractivity contribution in [2.75, 3.05) is 42.0 Å². The maximum absolute atomic E-state index is 5.53. The van der Waals surface area contributed by atoms with Gasteiger partial charge in [0.1, 0.15) is 5.75 Å². The molecule has 7 nitrogen and oxygen atoms in total. The maximum atomic E-state index is 5.53. The minimum atomic E-state index is 0.525. The van der Waals surface area contributed by atoms with Gasteiger partial charge in [-0.15, -0.1) is 0 Å². The molecule has 0 saturated carbocycles. The van der Waals surface area contributed by atoms with Crippen LogP contribution in [0.3, 0.4) is 0 Å². The monoisotopic (exact) mass is 401 g/mol. The summed E-state index contributed by atoms with van der Waals surface area (Å²) >= 11 is 0. The Morgan fingerprint density at radius 3 is 2.14 bits per heavy atom. The van der Waals surface area contributed by atoms with Crippen molar-refractivity contribution in [3.63, 3.8) is 0 Å². The van der Waals surface area contributed by atoms with Crippen LogP contribution >= 0.6 is 0 Å². The van der Waals surface area contributed by atoms with Crippen molar-refractivity contribution in [2.24, 2.45) is 4.99 Å². The summed E-state index contributed by atoms with van der Waals surface area (Å²) in [6.45, 7) is 3.33. The molecule has 0 amide bonds. The Bertz CT molecular complexity index is 837. The summed E-state index contributed by atoms with van der Waals surface area (Å²) in [4.78, 5) is 4.29. The maximum Gasteiger partial charge on any atom is 0.203 e. The lowest BCUT2D eigenvalue weighted by molar-refractivity contribution is 0.322. The molecule has 0 saturated heterocycles. The van der Waals surface area contributed by atoms with Crippen LogP contribution in [0.2, 0.25) is 0 Å². The number of nitrogens with one attached hydrogen (secondary N) is 2. The van der Waals surface area contributed by atoms with Gasteiger partial charge in [0.2, 0.25) is 5.75 Å². The smallest absolute Gasteiger partial charge is 0.203 e. The Labute approximate surface area is 173 Å². The van der Waals surface area contributed by atoms with E-state index in [1.807, 2.05) is 24.3 Å². The molecule has 0 aliphatic rings. The third-order valence-corrected chi connectivity index (χ3v) is 4.58. The fraction of sp³-hybridized carbons (Fsp3) is 0.409. The second-order valence-corrected chi connectivity index (χ2v) is 6.41. The summed E-state index contributed by atoms with van der Waals surface area (Å²) in [7, 11) is 8.25. The van der Waals surface area contributed by atoms with E-state index in [9.17, 15) is 0 Å². The van der Waals surface area contributed by atoms with Crippen LogP contribution < -0.4 is 29.6 Å². The van der Waals surface area contributed by atoms with Gasteiger partial charge in [0, 0.05) is 25.7 Å². The number of aryl methyl sites for hydroxylation is 1. The van der Waals surface area contributed by atoms with Crippen LogP contribution in [-0.2, 0) is 13.0 Å². The van der Waals surface area contributed by atoms with Gasteiger partial charge in [-0.05, 0) is 37.1 Å². The number of nitrogens with zero attached hydrogens (tertiary/aromatic N) is 1. The van der Waals surface area contributed by atoms with Crippen LogP contribution in [0.15, 0.2) is 35.3 Å². The van der Waals surface area contributed by atoms with Crippen LogP contribution in [0, 0.1) is 6.92 Å². The lowest BCUT2D eigenvalue weighted by atomic mass is 10.1. The molecule has 0 spiro atoms. The highest BCUT2D eigenvalue weighted by molar-refractivity contribution is 5.79. The zero-order valence-corrected chi connectivity index (χ0v) is 18.1. The number of ether oxygens (including phenoxy) is 4. The van der Waals surface area contributed by atoms with E-state index in [1.54, 1.807) is 35.5 Å². The van der Waals surface area contributed by atoms with E-state index in [0.717, 1.165) is 29.8 Å². The summed E-state index contributed by atoms with van der Waals surface area (Å²) < 4.78 is 21.8. The Morgan fingerprint density at radius 1 is 0.828 bits per heavy atom. The summed E-state index contributed by atoms with van der Waals surface area (Å²) in [6, 6.07) is 10.00. The minimum absolute atomic E-state index is 0.525. The number of hydrogen-bond acceptors (Lipinski definition) is 5. The molecule has 29 heavy (non-hydrogen) atoms. The number of aliphatic imine (C=N–C) groups is 1. The predicted octanol–water partition coefficient (Wildman–Crippen LogP) is 2.94. The van der Waals surface area contributed by atoms with Crippen molar-refractivity contribution < 1.29 is 18.9 Å². The first-order valence-corrected chi connectivity index (χ1v) is 9.43. The summed E-state index contributed by atoms with van der Waals surface area (Å²) in [6.07, 6.45) is 0.825. The summed E-state index contributed by atoms with van der Waals surface area (Å²) in [5, 5.41) is 6.64. The van der Waals surface area contributed by atoms with E-state index >= 15 is 0 Å². The molecule has 0 heterocycles. The number of methoxy groups -OCH3 is 4. The molecule has 2 aromatic carbocycles. The number of guanidine groups is 1. The fourth-order valence-corrected chi connectivity index (χ4v) is 3.12. The number of benzene rings is 2. The SMILES string of the molecule is CN=C(NCCc1cc(C)ccc1OC)NCc1ccc(OC)c(OC)c1OC. The van der Waals surface area contributed by atoms with Gasteiger partial charge in [-0.2, -0.15) is 0 Å². The Morgan fingerprint density at radius 2 is 1.52 bits per heavy atom. The average molecular weight is 402 g/mol. The lowest BCUT2D eigenvalue weighted by Gasteiger charge is -2.17. The van der Waals surface area contributed by atoms with Gasteiger partial charge < -0.3 is 29.6 Å². The van der Waals surface area contributed by atoms with Crippen LogP contribution in [0.5, 0.6) is 23.0 Å². The third-order valence-electron chi connectivity index (χ3n) is 4.58. The minimum Gasteiger partial charge on any atom is -0.496 e. The van der Waals surface area contributed by atoms with Crippen LogP contribution in [0.1, 0.15) is 16.7 Å². The Balaban J connectivity index is 1.99. The van der Waals surface area contributed by atoms with E-state index < -0.39 is 0 Å². The van der Waals surface area contributed by atoms with Crippen molar-refractivity contribution >= 4 is 5.96 Å². The zero-order valence-electron chi connectivity index (χ0n) is 18.1. The fourth-order valence-electron chi connectivity index (χ4n) is 3.12. The molecule has 0 aliphatic heterocycles. The molecule has 2 N–H and O–H groups in total. The van der Waals surface area contributed by atoms with E-state index in [4.69, 9.17) is 18.9 Å². The highest BCUT2D eigenvalue weighted by Gasteiger charge is 2.16. The van der Waals surface area contributed by atoms with Gasteiger partial charge in [0.05, 0.1) is 28.4 Å². The van der Waals surface area contributed by atoms with E-state index in [0.29, 0.717) is 29.8 Å². The molecular formula is C22H31N3O4. The molecule has 0 bridgehead atoms. The van der Waals surface area contributed by atoms with E-state index in [2.05, 4.69) is 28.6 Å². The molecule has 2 rings (SSSR count). The standard InChI is InChI=1S/C22H31N3O4/c1-15-7-9-18(26-3)16(13-15)11-12-24-22(23-2)25-14-17-8-10-19(27-4)21(29-6)20(17)28-5/h7-10,13H,11-12,14H2,1-6H3,(H2,23,24,25). The zero-order chi connectivity index (χ0) is 21.2. The van der Waals surface area contributed by atoms with Gasteiger partial charge in [-0.1, -0.05) is 17.7 Å². The highest BCUT2D eigenvalue weighted by Crippen LogP contribution is 2.39. The molecule has 0 unspecified atom stereocenters. The Hall–Kier alpha value is -3.09. The van der Waals surface area contributed by atoms with E-state index in [-0.39, 0.29) is 0 Å². The quantitative estimate of drug-likeness (QED) is 0.497. The molecule has 0 fully saturated rings. The highest BCUT2D eigenvalue weighted by atomic mass is 16.5. The van der Waals surface area contributed by atoms with Crippen molar-refractivity contribution in [2.45, 2.75) is 19.9 Å². The van der Waals surface area contributed by atoms with Crippen molar-refractivity contribution in [1.29, 1.82) is 0 Å². The largest absolute Gasteiger partial charge is 0.496 e. The molecule has 0 aromatic heterocycles. The predicted molar refractivity (Wildman–Crippen MR) is 116 cm³/mol.